The fourth-order valence-corrected chi connectivity index (χ4v) is 3.95. The number of nitrogens with zero attached hydrogens (tertiary/aromatic N) is 3. The standard InChI is InChI=1S/C22H24N6O/c23-21-19-20(15-8-10-18(11-9-15)29-17-6-2-1-3-7-17)27-28(22(19)26-14-25-21)16-5-4-12-24-13-16/h1-3,6-11,14,16,21,24H,4-5,12-13,23H2,(H,25,26)/t16-,21?/m1/s1. The molecule has 0 radical (unpaired) electrons. The van der Waals surface area contributed by atoms with Crippen molar-refractivity contribution in [3.63, 3.8) is 0 Å². The summed E-state index contributed by atoms with van der Waals surface area (Å²) in [7, 11) is 0. The smallest absolute Gasteiger partial charge is 0.137 e. The van der Waals surface area contributed by atoms with Crippen molar-refractivity contribution in [2.75, 3.05) is 18.4 Å². The highest BCUT2D eigenvalue weighted by molar-refractivity contribution is 5.83. The van der Waals surface area contributed by atoms with Crippen LogP contribution in [0.4, 0.5) is 5.82 Å². The van der Waals surface area contributed by atoms with Gasteiger partial charge >= 0.3 is 0 Å². The molecule has 7 nitrogen and oxygen atoms in total. The van der Waals surface area contributed by atoms with Crippen LogP contribution < -0.4 is 21.1 Å². The third kappa shape index (κ3) is 3.50. The third-order valence-corrected chi connectivity index (χ3v) is 5.40. The Labute approximate surface area is 169 Å². The first-order chi connectivity index (χ1) is 14.3. The molecule has 1 aromatic heterocycles. The van der Waals surface area contributed by atoms with Gasteiger partial charge in [-0.1, -0.05) is 18.2 Å². The van der Waals surface area contributed by atoms with Gasteiger partial charge in [0.05, 0.1) is 17.9 Å². The lowest BCUT2D eigenvalue weighted by Gasteiger charge is -2.25. The molecule has 148 valence electrons. The molecule has 2 aromatic carbocycles. The largest absolute Gasteiger partial charge is 0.457 e. The maximum atomic E-state index is 6.33. The topological polar surface area (TPSA) is 89.5 Å². The van der Waals surface area contributed by atoms with E-state index in [9.17, 15) is 0 Å². The lowest BCUT2D eigenvalue weighted by atomic mass is 10.0. The Morgan fingerprint density at radius 1 is 1.03 bits per heavy atom. The van der Waals surface area contributed by atoms with Crippen LogP contribution in [0, 0.1) is 0 Å². The van der Waals surface area contributed by atoms with E-state index in [2.05, 4.69) is 20.3 Å². The fraction of sp³-hybridized carbons (Fsp3) is 0.273. The molecule has 2 aliphatic heterocycles. The highest BCUT2D eigenvalue weighted by atomic mass is 16.5. The molecule has 1 unspecified atom stereocenters. The summed E-state index contributed by atoms with van der Waals surface area (Å²) in [6, 6.07) is 18.0. The van der Waals surface area contributed by atoms with Gasteiger partial charge in [-0.05, 0) is 55.8 Å². The number of piperidine rings is 1. The maximum absolute atomic E-state index is 6.33. The third-order valence-electron chi connectivity index (χ3n) is 5.40. The predicted molar refractivity (Wildman–Crippen MR) is 114 cm³/mol. The van der Waals surface area contributed by atoms with Gasteiger partial charge in [0.15, 0.2) is 0 Å². The van der Waals surface area contributed by atoms with Crippen molar-refractivity contribution in [2.24, 2.45) is 10.7 Å². The van der Waals surface area contributed by atoms with Crippen LogP contribution >= 0.6 is 0 Å². The molecule has 0 bridgehead atoms. The number of aliphatic imine (C=N–C) groups is 1. The van der Waals surface area contributed by atoms with E-state index in [0.29, 0.717) is 6.04 Å². The summed E-state index contributed by atoms with van der Waals surface area (Å²) in [6.45, 7) is 1.97. The number of benzene rings is 2. The highest BCUT2D eigenvalue weighted by Gasteiger charge is 2.29. The number of anilines is 1. The zero-order valence-electron chi connectivity index (χ0n) is 16.1. The van der Waals surface area contributed by atoms with Gasteiger partial charge in [0.2, 0.25) is 0 Å². The lowest BCUT2D eigenvalue weighted by molar-refractivity contribution is 0.350. The molecule has 0 aliphatic carbocycles. The lowest BCUT2D eigenvalue weighted by Crippen LogP contribution is -2.33. The number of nitrogens with one attached hydrogen (secondary N) is 2. The highest BCUT2D eigenvalue weighted by Crippen LogP contribution is 2.38. The summed E-state index contributed by atoms with van der Waals surface area (Å²) in [5, 5.41) is 11.7. The van der Waals surface area contributed by atoms with E-state index in [1.165, 1.54) is 0 Å². The number of hydrogen-bond donors (Lipinski definition) is 3. The van der Waals surface area contributed by atoms with E-state index in [0.717, 1.165) is 60.1 Å². The molecule has 0 spiro atoms. The normalized spacial score (nSPS) is 20.7. The van der Waals surface area contributed by atoms with Crippen LogP contribution in [0.5, 0.6) is 11.5 Å². The van der Waals surface area contributed by atoms with Crippen molar-refractivity contribution in [1.82, 2.24) is 15.1 Å². The number of aromatic nitrogens is 2. The first kappa shape index (κ1) is 17.9. The maximum Gasteiger partial charge on any atom is 0.137 e. The summed E-state index contributed by atoms with van der Waals surface area (Å²) in [6.07, 6.45) is 3.48. The van der Waals surface area contributed by atoms with Gasteiger partial charge in [-0.2, -0.15) is 5.10 Å². The molecule has 5 rings (SSSR count). The van der Waals surface area contributed by atoms with Crippen LogP contribution in [-0.4, -0.2) is 29.2 Å². The number of para-hydroxylation sites is 1. The van der Waals surface area contributed by atoms with Gasteiger partial charge in [-0.25, -0.2) is 4.68 Å². The molecule has 2 atom stereocenters. The summed E-state index contributed by atoms with van der Waals surface area (Å²) in [4.78, 5) is 4.34. The monoisotopic (exact) mass is 388 g/mol. The molecule has 29 heavy (non-hydrogen) atoms. The second-order valence-corrected chi connectivity index (χ2v) is 7.36. The molecule has 2 aliphatic rings. The minimum Gasteiger partial charge on any atom is -0.457 e. The quantitative estimate of drug-likeness (QED) is 0.634. The number of fused-ring (bicyclic) bond motifs is 1. The first-order valence-corrected chi connectivity index (χ1v) is 10.00. The van der Waals surface area contributed by atoms with E-state index >= 15 is 0 Å². The molecule has 4 N–H and O–H groups in total. The van der Waals surface area contributed by atoms with E-state index in [1.807, 2.05) is 54.6 Å². The zero-order valence-corrected chi connectivity index (χ0v) is 16.1. The van der Waals surface area contributed by atoms with Crippen LogP contribution in [-0.2, 0) is 0 Å². The van der Waals surface area contributed by atoms with E-state index in [4.69, 9.17) is 15.6 Å². The van der Waals surface area contributed by atoms with Gasteiger partial charge in [0.1, 0.15) is 29.2 Å². The van der Waals surface area contributed by atoms with Gasteiger partial charge in [0.25, 0.3) is 0 Å². The Morgan fingerprint density at radius 3 is 2.59 bits per heavy atom. The molecule has 1 saturated heterocycles. The second-order valence-electron chi connectivity index (χ2n) is 7.36. The summed E-state index contributed by atoms with van der Waals surface area (Å²) >= 11 is 0. The van der Waals surface area contributed by atoms with Crippen LogP contribution in [0.3, 0.4) is 0 Å². The first-order valence-electron chi connectivity index (χ1n) is 10.00. The van der Waals surface area contributed by atoms with Crippen molar-refractivity contribution in [2.45, 2.75) is 25.0 Å². The van der Waals surface area contributed by atoms with Gasteiger partial charge in [0, 0.05) is 12.1 Å². The summed E-state index contributed by atoms with van der Waals surface area (Å²) in [5.41, 5.74) is 9.14. The van der Waals surface area contributed by atoms with Gasteiger partial charge in [-0.15, -0.1) is 0 Å². The zero-order chi connectivity index (χ0) is 19.6. The number of hydrogen-bond acceptors (Lipinski definition) is 6. The van der Waals surface area contributed by atoms with Crippen molar-refractivity contribution < 1.29 is 4.74 Å². The van der Waals surface area contributed by atoms with Crippen molar-refractivity contribution >= 4 is 12.2 Å². The second kappa shape index (κ2) is 7.69. The number of nitrogens with two attached hydrogens (primary N) is 1. The summed E-state index contributed by atoms with van der Waals surface area (Å²) < 4.78 is 7.99. The minimum atomic E-state index is -0.424. The van der Waals surface area contributed by atoms with Crippen LogP contribution in [0.25, 0.3) is 11.3 Å². The Morgan fingerprint density at radius 2 is 1.83 bits per heavy atom. The summed E-state index contributed by atoms with van der Waals surface area (Å²) in [5.74, 6) is 2.54. The average molecular weight is 388 g/mol. The van der Waals surface area contributed by atoms with Crippen LogP contribution in [0.2, 0.25) is 0 Å². The van der Waals surface area contributed by atoms with Crippen LogP contribution in [0.1, 0.15) is 30.6 Å². The predicted octanol–water partition coefficient (Wildman–Crippen LogP) is 3.68. The van der Waals surface area contributed by atoms with Crippen LogP contribution in [0.15, 0.2) is 59.6 Å². The SMILES string of the molecule is NC1N=CNc2c1c(-c1ccc(Oc3ccccc3)cc1)nn2[C@@H]1CCCNC1. The fourth-order valence-electron chi connectivity index (χ4n) is 3.95. The molecule has 0 amide bonds. The molecule has 3 aromatic rings. The average Bonchev–Trinajstić information content (AvgIpc) is 3.17. The van der Waals surface area contributed by atoms with Gasteiger partial charge in [-0.3, -0.25) is 4.99 Å². The van der Waals surface area contributed by atoms with Gasteiger partial charge < -0.3 is 21.1 Å². The molecule has 3 heterocycles. The Hall–Kier alpha value is -3.16. The minimum absolute atomic E-state index is 0.304. The molecule has 1 fully saturated rings. The van der Waals surface area contributed by atoms with E-state index < -0.39 is 6.17 Å². The number of rotatable bonds is 4. The van der Waals surface area contributed by atoms with Crippen molar-refractivity contribution in [3.8, 4) is 22.8 Å². The van der Waals surface area contributed by atoms with E-state index in [-0.39, 0.29) is 0 Å². The Balaban J connectivity index is 1.48. The molecule has 7 heteroatoms. The molecule has 0 saturated carbocycles. The Bertz CT molecular complexity index is 1010. The molecular formula is C22H24N6O. The number of ether oxygens (including phenoxy) is 1. The molecular weight excluding hydrogens is 364 g/mol. The Kier molecular flexibility index (Phi) is 4.75. The van der Waals surface area contributed by atoms with E-state index in [1.54, 1.807) is 6.34 Å². The van der Waals surface area contributed by atoms with Crippen molar-refractivity contribution in [3.05, 3.63) is 60.2 Å². The van der Waals surface area contributed by atoms with Crippen molar-refractivity contribution in [1.29, 1.82) is 0 Å².